The van der Waals surface area contributed by atoms with Crippen LogP contribution in [0.5, 0.6) is 5.75 Å². The lowest BCUT2D eigenvalue weighted by Gasteiger charge is -2.12. The second-order valence-electron chi connectivity index (χ2n) is 6.26. The molecule has 0 spiro atoms. The number of amides is 1. The van der Waals surface area contributed by atoms with Gasteiger partial charge in [0.1, 0.15) is 5.75 Å². The fourth-order valence-electron chi connectivity index (χ4n) is 2.90. The van der Waals surface area contributed by atoms with Crippen LogP contribution in [0, 0.1) is 0 Å². The molecule has 1 aliphatic rings. The molecule has 0 unspecified atom stereocenters. The molecule has 27 heavy (non-hydrogen) atoms. The van der Waals surface area contributed by atoms with Gasteiger partial charge in [-0.2, -0.15) is 5.10 Å². The van der Waals surface area contributed by atoms with E-state index in [-0.39, 0.29) is 11.7 Å². The maximum absolute atomic E-state index is 12.5. The van der Waals surface area contributed by atoms with E-state index in [4.69, 9.17) is 4.74 Å². The molecule has 0 aliphatic carbocycles. The first-order valence-electron chi connectivity index (χ1n) is 8.77. The number of carbonyl (C=O) groups excluding carboxylic acids is 2. The van der Waals surface area contributed by atoms with Gasteiger partial charge in [0.15, 0.2) is 5.78 Å². The fourth-order valence-corrected chi connectivity index (χ4v) is 3.77. The molecule has 1 aliphatic heterocycles. The number of nitrogens with zero attached hydrogens (tertiary/aromatic N) is 2. The van der Waals surface area contributed by atoms with E-state index in [0.717, 1.165) is 29.0 Å². The predicted molar refractivity (Wildman–Crippen MR) is 108 cm³/mol. The molecule has 0 atom stereocenters. The number of rotatable bonds is 7. The summed E-state index contributed by atoms with van der Waals surface area (Å²) in [6.45, 7) is 2.16. The van der Waals surface area contributed by atoms with Gasteiger partial charge < -0.3 is 4.74 Å². The normalized spacial score (nSPS) is 13.4. The Bertz CT molecular complexity index is 865. The molecular weight excluding hydrogens is 360 g/mol. The van der Waals surface area contributed by atoms with Gasteiger partial charge in [0.05, 0.1) is 25.1 Å². The van der Waals surface area contributed by atoms with E-state index >= 15 is 0 Å². The predicted octanol–water partition coefficient (Wildman–Crippen LogP) is 3.77. The first-order valence-corrected chi connectivity index (χ1v) is 9.93. The largest absolute Gasteiger partial charge is 0.496 e. The molecule has 6 heteroatoms. The zero-order valence-corrected chi connectivity index (χ0v) is 16.3. The van der Waals surface area contributed by atoms with Crippen molar-refractivity contribution in [3.8, 4) is 5.75 Å². The SMILES string of the molecule is COc1ccc(C(C)=O)cc1CSCC(=O)N1CCC(c2ccccc2)=N1. The third-order valence-corrected chi connectivity index (χ3v) is 5.33. The Balaban J connectivity index is 1.58. The van der Waals surface area contributed by atoms with Crippen molar-refractivity contribution < 1.29 is 14.3 Å². The Kier molecular flexibility index (Phi) is 6.29. The summed E-state index contributed by atoms with van der Waals surface area (Å²) in [5.41, 5.74) is 3.57. The molecule has 0 saturated carbocycles. The molecular formula is C21H22N2O3S. The van der Waals surface area contributed by atoms with E-state index < -0.39 is 0 Å². The molecule has 0 radical (unpaired) electrons. The lowest BCUT2D eigenvalue weighted by atomic mass is 10.1. The highest BCUT2D eigenvalue weighted by molar-refractivity contribution is 7.99. The van der Waals surface area contributed by atoms with E-state index in [0.29, 0.717) is 23.6 Å². The van der Waals surface area contributed by atoms with E-state index in [9.17, 15) is 9.59 Å². The Labute approximate surface area is 163 Å². The number of ketones is 1. The minimum atomic E-state index is -0.00683. The van der Waals surface area contributed by atoms with Crippen LogP contribution in [0.2, 0.25) is 0 Å². The van der Waals surface area contributed by atoms with Gasteiger partial charge in [-0.15, -0.1) is 11.8 Å². The number of ether oxygens (including phenoxy) is 1. The van der Waals surface area contributed by atoms with Crippen LogP contribution < -0.4 is 4.74 Å². The number of benzene rings is 2. The minimum Gasteiger partial charge on any atom is -0.496 e. The van der Waals surface area contributed by atoms with Gasteiger partial charge in [0.2, 0.25) is 0 Å². The molecule has 2 aromatic carbocycles. The van der Waals surface area contributed by atoms with Crippen LogP contribution in [-0.4, -0.2) is 41.8 Å². The quantitative estimate of drug-likeness (QED) is 0.684. The van der Waals surface area contributed by atoms with Crippen molar-refractivity contribution in [2.45, 2.75) is 19.1 Å². The minimum absolute atomic E-state index is 0.00683. The lowest BCUT2D eigenvalue weighted by Crippen LogP contribution is -2.25. The summed E-state index contributed by atoms with van der Waals surface area (Å²) >= 11 is 1.50. The number of carbonyl (C=O) groups is 2. The van der Waals surface area contributed by atoms with Crippen LogP contribution in [0.3, 0.4) is 0 Å². The smallest absolute Gasteiger partial charge is 0.252 e. The van der Waals surface area contributed by atoms with Gasteiger partial charge in [0.25, 0.3) is 5.91 Å². The summed E-state index contributed by atoms with van der Waals surface area (Å²) in [7, 11) is 1.60. The van der Waals surface area contributed by atoms with E-state index in [1.807, 2.05) is 36.4 Å². The van der Waals surface area contributed by atoms with Crippen LogP contribution in [-0.2, 0) is 10.5 Å². The molecule has 2 aromatic rings. The second kappa shape index (κ2) is 8.86. The standard InChI is InChI=1S/C21H22N2O3S/c1-15(24)17-8-9-20(26-2)18(12-17)13-27-14-21(25)23-11-10-19(22-23)16-6-4-3-5-7-16/h3-9,12H,10-11,13-14H2,1-2H3. The van der Waals surface area contributed by atoms with Crippen LogP contribution >= 0.6 is 11.8 Å². The third-order valence-electron chi connectivity index (χ3n) is 4.37. The summed E-state index contributed by atoms with van der Waals surface area (Å²) in [6.07, 6.45) is 0.773. The highest BCUT2D eigenvalue weighted by Crippen LogP contribution is 2.25. The van der Waals surface area contributed by atoms with Crippen molar-refractivity contribution in [2.24, 2.45) is 5.10 Å². The zero-order chi connectivity index (χ0) is 19.2. The van der Waals surface area contributed by atoms with Crippen LogP contribution in [0.1, 0.15) is 34.8 Å². The van der Waals surface area contributed by atoms with Crippen LogP contribution in [0.15, 0.2) is 53.6 Å². The molecule has 0 bridgehead atoms. The molecule has 3 rings (SSSR count). The number of Topliss-reactive ketones (excluding diaryl/α,β-unsaturated/α-hetero) is 1. The summed E-state index contributed by atoms with van der Waals surface area (Å²) in [5.74, 6) is 1.66. The van der Waals surface area contributed by atoms with Crippen molar-refractivity contribution in [1.82, 2.24) is 5.01 Å². The number of hydrazone groups is 1. The van der Waals surface area contributed by atoms with Crippen LogP contribution in [0.25, 0.3) is 0 Å². The van der Waals surface area contributed by atoms with Gasteiger partial charge in [-0.05, 0) is 30.7 Å². The molecule has 1 heterocycles. The first kappa shape index (κ1) is 19.2. The number of hydrogen-bond donors (Lipinski definition) is 0. The Morgan fingerprint density at radius 3 is 2.67 bits per heavy atom. The van der Waals surface area contributed by atoms with Gasteiger partial charge in [-0.1, -0.05) is 30.3 Å². The van der Waals surface area contributed by atoms with Crippen molar-refractivity contribution >= 4 is 29.2 Å². The van der Waals surface area contributed by atoms with Crippen molar-refractivity contribution in [3.63, 3.8) is 0 Å². The number of thioether (sulfide) groups is 1. The van der Waals surface area contributed by atoms with Gasteiger partial charge >= 0.3 is 0 Å². The molecule has 5 nitrogen and oxygen atoms in total. The number of methoxy groups -OCH3 is 1. The zero-order valence-electron chi connectivity index (χ0n) is 15.5. The second-order valence-corrected chi connectivity index (χ2v) is 7.24. The summed E-state index contributed by atoms with van der Waals surface area (Å²) < 4.78 is 5.36. The monoisotopic (exact) mass is 382 g/mol. The van der Waals surface area contributed by atoms with E-state index in [1.165, 1.54) is 18.7 Å². The maximum atomic E-state index is 12.5. The first-order chi connectivity index (χ1) is 13.1. The van der Waals surface area contributed by atoms with Crippen molar-refractivity contribution in [3.05, 3.63) is 65.2 Å². The highest BCUT2D eigenvalue weighted by Gasteiger charge is 2.21. The van der Waals surface area contributed by atoms with Gasteiger partial charge in [0, 0.05) is 23.3 Å². The summed E-state index contributed by atoms with van der Waals surface area (Å²) in [5, 5.41) is 6.03. The molecule has 1 amide bonds. The van der Waals surface area contributed by atoms with Gasteiger partial charge in [-0.3, -0.25) is 9.59 Å². The van der Waals surface area contributed by atoms with E-state index in [1.54, 1.807) is 24.3 Å². The molecule has 140 valence electrons. The topological polar surface area (TPSA) is 59.0 Å². The number of hydrogen-bond acceptors (Lipinski definition) is 5. The third kappa shape index (κ3) is 4.77. The van der Waals surface area contributed by atoms with Crippen molar-refractivity contribution in [1.29, 1.82) is 0 Å². The van der Waals surface area contributed by atoms with Gasteiger partial charge in [-0.25, -0.2) is 5.01 Å². The Morgan fingerprint density at radius 2 is 1.96 bits per heavy atom. The summed E-state index contributed by atoms with van der Waals surface area (Å²) in [6, 6.07) is 15.3. The molecule has 0 fully saturated rings. The Morgan fingerprint density at radius 1 is 1.19 bits per heavy atom. The Hall–Kier alpha value is -2.60. The molecule has 0 aromatic heterocycles. The van der Waals surface area contributed by atoms with Crippen molar-refractivity contribution in [2.75, 3.05) is 19.4 Å². The lowest BCUT2D eigenvalue weighted by molar-refractivity contribution is -0.127. The molecule has 0 saturated heterocycles. The highest BCUT2D eigenvalue weighted by atomic mass is 32.2. The average Bonchev–Trinajstić information content (AvgIpc) is 3.19. The molecule has 0 N–H and O–H groups in total. The maximum Gasteiger partial charge on any atom is 0.252 e. The fraction of sp³-hybridized carbons (Fsp3) is 0.286. The summed E-state index contributed by atoms with van der Waals surface area (Å²) in [4.78, 5) is 24.0. The average molecular weight is 382 g/mol. The van der Waals surface area contributed by atoms with Crippen LogP contribution in [0.4, 0.5) is 0 Å². The van der Waals surface area contributed by atoms with E-state index in [2.05, 4.69) is 5.10 Å².